The number of nitrogens with one attached hydrogen (secondary N) is 1. The minimum atomic E-state index is 0.310. The highest BCUT2D eigenvalue weighted by molar-refractivity contribution is 5.42. The molecule has 0 aliphatic carbocycles. The van der Waals surface area contributed by atoms with Crippen molar-refractivity contribution in [3.8, 4) is 11.8 Å². The lowest BCUT2D eigenvalue weighted by Gasteiger charge is -2.20. The highest BCUT2D eigenvalue weighted by Crippen LogP contribution is 2.21. The summed E-state index contributed by atoms with van der Waals surface area (Å²) in [7, 11) is 1.63. The van der Waals surface area contributed by atoms with Crippen molar-refractivity contribution in [2.45, 2.75) is 38.5 Å². The van der Waals surface area contributed by atoms with Crippen LogP contribution >= 0.6 is 0 Å². The fraction of sp³-hybridized carbons (Fsp3) is 0.533. The van der Waals surface area contributed by atoms with Crippen molar-refractivity contribution >= 4 is 0 Å². The monoisotopic (exact) mass is 260 g/mol. The summed E-state index contributed by atoms with van der Waals surface area (Å²) >= 11 is 0. The average Bonchev–Trinajstić information content (AvgIpc) is 2.98. The van der Waals surface area contributed by atoms with Crippen LogP contribution in [0.15, 0.2) is 18.2 Å². The maximum atomic E-state index is 8.87. The second-order valence-electron chi connectivity index (χ2n) is 4.86. The van der Waals surface area contributed by atoms with Crippen LogP contribution in [0, 0.1) is 11.3 Å². The molecule has 1 saturated heterocycles. The lowest BCUT2D eigenvalue weighted by molar-refractivity contribution is 0.0831. The summed E-state index contributed by atoms with van der Waals surface area (Å²) in [6, 6.07) is 7.96. The van der Waals surface area contributed by atoms with E-state index in [1.54, 1.807) is 13.2 Å². The standard InChI is InChI=1S/C15H20N2O2/c1-11(14-4-3-7-19-14)17-10-13-6-5-12(9-16)8-15(13)18-2/h5-6,8,11,14,17H,3-4,7,10H2,1-2H3/t11-,14+/m1/s1. The Hall–Kier alpha value is -1.57. The zero-order valence-electron chi connectivity index (χ0n) is 11.5. The first kappa shape index (κ1) is 13.9. The summed E-state index contributed by atoms with van der Waals surface area (Å²) < 4.78 is 11.0. The van der Waals surface area contributed by atoms with Gasteiger partial charge in [-0.3, -0.25) is 0 Å². The Morgan fingerprint density at radius 2 is 2.42 bits per heavy atom. The van der Waals surface area contributed by atoms with E-state index in [4.69, 9.17) is 14.7 Å². The molecule has 1 heterocycles. The molecule has 0 aromatic heterocycles. The van der Waals surface area contributed by atoms with Gasteiger partial charge in [-0.1, -0.05) is 6.07 Å². The first-order valence-corrected chi connectivity index (χ1v) is 6.66. The molecule has 1 aromatic carbocycles. The number of hydrogen-bond donors (Lipinski definition) is 1. The molecule has 0 amide bonds. The predicted octanol–water partition coefficient (Wildman–Crippen LogP) is 2.22. The van der Waals surface area contributed by atoms with Gasteiger partial charge < -0.3 is 14.8 Å². The van der Waals surface area contributed by atoms with Crippen LogP contribution in [0.25, 0.3) is 0 Å². The molecule has 2 rings (SSSR count). The number of hydrogen-bond acceptors (Lipinski definition) is 4. The van der Waals surface area contributed by atoms with Crippen molar-refractivity contribution in [1.29, 1.82) is 5.26 Å². The number of ether oxygens (including phenoxy) is 2. The Balaban J connectivity index is 1.97. The predicted molar refractivity (Wildman–Crippen MR) is 73.0 cm³/mol. The third kappa shape index (κ3) is 3.46. The third-order valence-electron chi connectivity index (χ3n) is 3.55. The summed E-state index contributed by atoms with van der Waals surface area (Å²) in [4.78, 5) is 0. The number of nitrogens with zero attached hydrogens (tertiary/aromatic N) is 1. The Morgan fingerprint density at radius 3 is 3.05 bits per heavy atom. The maximum Gasteiger partial charge on any atom is 0.124 e. The van der Waals surface area contributed by atoms with Gasteiger partial charge in [0.15, 0.2) is 0 Å². The molecule has 1 aliphatic heterocycles. The molecule has 19 heavy (non-hydrogen) atoms. The zero-order chi connectivity index (χ0) is 13.7. The van der Waals surface area contributed by atoms with E-state index in [1.165, 1.54) is 0 Å². The molecule has 1 aliphatic rings. The van der Waals surface area contributed by atoms with E-state index in [2.05, 4.69) is 18.3 Å². The SMILES string of the molecule is COc1cc(C#N)ccc1CN[C@H](C)[C@@H]1CCCO1. The van der Waals surface area contributed by atoms with Crippen molar-refractivity contribution in [2.75, 3.05) is 13.7 Å². The van der Waals surface area contributed by atoms with Crippen molar-refractivity contribution in [2.24, 2.45) is 0 Å². The largest absolute Gasteiger partial charge is 0.496 e. The van der Waals surface area contributed by atoms with Gasteiger partial charge in [0.1, 0.15) is 5.75 Å². The van der Waals surface area contributed by atoms with Crippen LogP contribution in [0.1, 0.15) is 30.9 Å². The number of rotatable bonds is 5. The molecule has 1 fully saturated rings. The Morgan fingerprint density at radius 1 is 1.58 bits per heavy atom. The van der Waals surface area contributed by atoms with Crippen molar-refractivity contribution in [1.82, 2.24) is 5.32 Å². The van der Waals surface area contributed by atoms with Crippen LogP contribution in [-0.2, 0) is 11.3 Å². The summed E-state index contributed by atoms with van der Waals surface area (Å²) in [5, 5.41) is 12.3. The maximum absolute atomic E-state index is 8.87. The summed E-state index contributed by atoms with van der Waals surface area (Å²) in [6.45, 7) is 3.74. The second kappa shape index (κ2) is 6.55. The number of benzene rings is 1. The van der Waals surface area contributed by atoms with E-state index in [9.17, 15) is 0 Å². The molecule has 0 spiro atoms. The lowest BCUT2D eigenvalue weighted by atomic mass is 10.1. The molecule has 0 bridgehead atoms. The van der Waals surface area contributed by atoms with Gasteiger partial charge in [0.25, 0.3) is 0 Å². The molecule has 102 valence electrons. The normalized spacial score (nSPS) is 19.9. The topological polar surface area (TPSA) is 54.3 Å². The van der Waals surface area contributed by atoms with Gasteiger partial charge in [0, 0.05) is 24.8 Å². The Bertz CT molecular complexity index is 462. The van der Waals surface area contributed by atoms with Crippen LogP contribution in [0.5, 0.6) is 5.75 Å². The zero-order valence-corrected chi connectivity index (χ0v) is 11.5. The van der Waals surface area contributed by atoms with Gasteiger partial charge >= 0.3 is 0 Å². The van der Waals surface area contributed by atoms with E-state index in [1.807, 2.05) is 12.1 Å². The number of methoxy groups -OCH3 is 1. The van der Waals surface area contributed by atoms with E-state index in [0.717, 1.165) is 37.3 Å². The van der Waals surface area contributed by atoms with Crippen LogP contribution < -0.4 is 10.1 Å². The van der Waals surface area contributed by atoms with Crippen molar-refractivity contribution < 1.29 is 9.47 Å². The molecule has 2 atom stereocenters. The van der Waals surface area contributed by atoms with E-state index in [0.29, 0.717) is 17.7 Å². The van der Waals surface area contributed by atoms with Crippen LogP contribution in [0.4, 0.5) is 0 Å². The highest BCUT2D eigenvalue weighted by atomic mass is 16.5. The fourth-order valence-electron chi connectivity index (χ4n) is 2.36. The highest BCUT2D eigenvalue weighted by Gasteiger charge is 2.22. The molecular weight excluding hydrogens is 240 g/mol. The molecule has 0 saturated carbocycles. The fourth-order valence-corrected chi connectivity index (χ4v) is 2.36. The molecule has 1 N–H and O–H groups in total. The van der Waals surface area contributed by atoms with Gasteiger partial charge in [-0.15, -0.1) is 0 Å². The average molecular weight is 260 g/mol. The summed E-state index contributed by atoms with van der Waals surface area (Å²) in [5.41, 5.74) is 1.68. The molecular formula is C15H20N2O2. The van der Waals surface area contributed by atoms with Crippen molar-refractivity contribution in [3.63, 3.8) is 0 Å². The van der Waals surface area contributed by atoms with E-state index < -0.39 is 0 Å². The van der Waals surface area contributed by atoms with E-state index >= 15 is 0 Å². The molecule has 4 heteroatoms. The lowest BCUT2D eigenvalue weighted by Crippen LogP contribution is -2.36. The summed E-state index contributed by atoms with van der Waals surface area (Å²) in [6.07, 6.45) is 2.58. The number of nitriles is 1. The minimum Gasteiger partial charge on any atom is -0.496 e. The molecule has 1 aromatic rings. The summed E-state index contributed by atoms with van der Waals surface area (Å²) in [5.74, 6) is 0.756. The van der Waals surface area contributed by atoms with Crippen molar-refractivity contribution in [3.05, 3.63) is 29.3 Å². The quantitative estimate of drug-likeness (QED) is 0.882. The Labute approximate surface area is 114 Å². The first-order valence-electron chi connectivity index (χ1n) is 6.66. The second-order valence-corrected chi connectivity index (χ2v) is 4.86. The van der Waals surface area contributed by atoms with Gasteiger partial charge in [0.2, 0.25) is 0 Å². The minimum absolute atomic E-state index is 0.310. The first-order chi connectivity index (χ1) is 9.24. The Kier molecular flexibility index (Phi) is 4.78. The molecule has 4 nitrogen and oxygen atoms in total. The van der Waals surface area contributed by atoms with Gasteiger partial charge in [-0.25, -0.2) is 0 Å². The van der Waals surface area contributed by atoms with Gasteiger partial charge in [-0.05, 0) is 31.9 Å². The van der Waals surface area contributed by atoms with Crippen LogP contribution in [-0.4, -0.2) is 25.9 Å². The molecule has 0 radical (unpaired) electrons. The van der Waals surface area contributed by atoms with Gasteiger partial charge in [-0.2, -0.15) is 5.26 Å². The third-order valence-corrected chi connectivity index (χ3v) is 3.55. The van der Waals surface area contributed by atoms with Gasteiger partial charge in [0.05, 0.1) is 24.8 Å². The van der Waals surface area contributed by atoms with Crippen LogP contribution in [0.2, 0.25) is 0 Å². The molecule has 0 unspecified atom stereocenters. The smallest absolute Gasteiger partial charge is 0.124 e. The van der Waals surface area contributed by atoms with E-state index in [-0.39, 0.29) is 0 Å². The van der Waals surface area contributed by atoms with Crippen LogP contribution in [0.3, 0.4) is 0 Å².